The summed E-state index contributed by atoms with van der Waals surface area (Å²) in [6.45, 7) is 12.5. The maximum Gasteiger partial charge on any atom is 0.251 e. The second-order valence-corrected chi connectivity index (χ2v) is 10.4. The van der Waals surface area contributed by atoms with Gasteiger partial charge in [-0.05, 0) is 44.4 Å². The molecule has 2 aromatic rings. The third-order valence-corrected chi connectivity index (χ3v) is 6.75. The largest absolute Gasteiger partial charge is 0.354 e. The SMILES string of the molecule is CC(C)(C)c1nc(C2CCC2)cc(N2CCN(CCCCNC(=O)c3ccncc3)CC2)n1.Cl. The zero-order valence-electron chi connectivity index (χ0n) is 20.8. The molecule has 0 aromatic carbocycles. The minimum Gasteiger partial charge on any atom is -0.354 e. The van der Waals surface area contributed by atoms with E-state index in [0.29, 0.717) is 18.0 Å². The van der Waals surface area contributed by atoms with Crippen molar-refractivity contribution in [3.05, 3.63) is 47.7 Å². The number of piperazine rings is 1. The smallest absolute Gasteiger partial charge is 0.251 e. The molecule has 1 saturated carbocycles. The van der Waals surface area contributed by atoms with Crippen molar-refractivity contribution in [2.75, 3.05) is 44.2 Å². The Hall–Kier alpha value is -2.25. The van der Waals surface area contributed by atoms with Crippen LogP contribution in [-0.2, 0) is 5.41 Å². The van der Waals surface area contributed by atoms with Gasteiger partial charge in [0.15, 0.2) is 0 Å². The quantitative estimate of drug-likeness (QED) is 0.564. The molecule has 1 aliphatic heterocycles. The highest BCUT2D eigenvalue weighted by molar-refractivity contribution is 5.93. The number of aromatic nitrogens is 3. The van der Waals surface area contributed by atoms with Crippen LogP contribution in [0.1, 0.15) is 80.7 Å². The van der Waals surface area contributed by atoms with Crippen LogP contribution in [0, 0.1) is 0 Å². The van der Waals surface area contributed by atoms with Gasteiger partial charge >= 0.3 is 0 Å². The molecule has 1 N–H and O–H groups in total. The summed E-state index contributed by atoms with van der Waals surface area (Å²) < 4.78 is 0. The Labute approximate surface area is 210 Å². The number of carbonyl (C=O) groups is 1. The number of hydrogen-bond acceptors (Lipinski definition) is 6. The molecule has 2 aromatic heterocycles. The van der Waals surface area contributed by atoms with Gasteiger partial charge in [-0.25, -0.2) is 9.97 Å². The van der Waals surface area contributed by atoms with E-state index in [-0.39, 0.29) is 23.7 Å². The van der Waals surface area contributed by atoms with Gasteiger partial charge in [0, 0.05) is 73.8 Å². The number of halogens is 1. The Morgan fingerprint density at radius 2 is 1.76 bits per heavy atom. The van der Waals surface area contributed by atoms with E-state index in [2.05, 4.69) is 46.9 Å². The van der Waals surface area contributed by atoms with Crippen molar-refractivity contribution in [2.45, 2.75) is 64.2 Å². The molecular weight excluding hydrogens is 448 g/mol. The fraction of sp³-hybridized carbons (Fsp3) is 0.615. The fourth-order valence-electron chi connectivity index (χ4n) is 4.33. The number of rotatable bonds is 8. The lowest BCUT2D eigenvalue weighted by Gasteiger charge is -2.36. The van der Waals surface area contributed by atoms with Crippen molar-refractivity contribution >= 4 is 24.1 Å². The van der Waals surface area contributed by atoms with E-state index >= 15 is 0 Å². The van der Waals surface area contributed by atoms with E-state index in [0.717, 1.165) is 57.2 Å². The lowest BCUT2D eigenvalue weighted by atomic mass is 9.82. The molecular formula is C26H39ClN6O. The van der Waals surface area contributed by atoms with Gasteiger partial charge in [-0.3, -0.25) is 14.7 Å². The number of unbranched alkanes of at least 4 members (excludes halogenated alkanes) is 1. The van der Waals surface area contributed by atoms with Crippen LogP contribution >= 0.6 is 12.4 Å². The van der Waals surface area contributed by atoms with Crippen LogP contribution < -0.4 is 10.2 Å². The van der Waals surface area contributed by atoms with E-state index < -0.39 is 0 Å². The standard InChI is InChI=1S/C26H38N6O.ClH/c1-26(2,3)25-29-22(20-7-6-8-20)19-23(30-25)32-17-15-31(16-18-32)14-5-4-11-28-24(33)21-9-12-27-13-10-21;/h9-10,12-13,19-20H,4-8,11,14-18H2,1-3H3,(H,28,33);1H. The number of nitrogens with zero attached hydrogens (tertiary/aromatic N) is 5. The second kappa shape index (κ2) is 11.9. The van der Waals surface area contributed by atoms with Crippen LogP contribution in [0.3, 0.4) is 0 Å². The Morgan fingerprint density at radius 1 is 1.06 bits per heavy atom. The monoisotopic (exact) mass is 486 g/mol. The molecule has 7 nitrogen and oxygen atoms in total. The average molecular weight is 487 g/mol. The minimum atomic E-state index is -0.0385. The Morgan fingerprint density at radius 3 is 2.38 bits per heavy atom. The highest BCUT2D eigenvalue weighted by atomic mass is 35.5. The van der Waals surface area contributed by atoms with Gasteiger partial charge in [0.2, 0.25) is 0 Å². The highest BCUT2D eigenvalue weighted by Crippen LogP contribution is 2.37. The first-order valence-electron chi connectivity index (χ1n) is 12.4. The number of hydrogen-bond donors (Lipinski definition) is 1. The predicted octanol–water partition coefficient (Wildman–Crippen LogP) is 4.19. The van der Waals surface area contributed by atoms with E-state index in [4.69, 9.17) is 9.97 Å². The molecule has 0 bridgehead atoms. The molecule has 1 saturated heterocycles. The number of amides is 1. The first kappa shape index (κ1) is 26.4. The van der Waals surface area contributed by atoms with Crippen LogP contribution in [0.4, 0.5) is 5.82 Å². The van der Waals surface area contributed by atoms with Gasteiger partial charge in [-0.15, -0.1) is 12.4 Å². The number of pyridine rings is 1. The number of carbonyl (C=O) groups excluding carboxylic acids is 1. The van der Waals surface area contributed by atoms with Gasteiger partial charge in [0.05, 0.1) is 0 Å². The number of anilines is 1. The number of nitrogens with one attached hydrogen (secondary N) is 1. The maximum atomic E-state index is 12.1. The summed E-state index contributed by atoms with van der Waals surface area (Å²) >= 11 is 0. The van der Waals surface area contributed by atoms with Crippen LogP contribution in [0.25, 0.3) is 0 Å². The predicted molar refractivity (Wildman–Crippen MR) is 139 cm³/mol. The van der Waals surface area contributed by atoms with Gasteiger partial charge in [0.1, 0.15) is 11.6 Å². The third kappa shape index (κ3) is 6.89. The summed E-state index contributed by atoms with van der Waals surface area (Å²) in [4.78, 5) is 30.9. The molecule has 1 aliphatic carbocycles. The lowest BCUT2D eigenvalue weighted by molar-refractivity contribution is 0.0952. The summed E-state index contributed by atoms with van der Waals surface area (Å²) in [7, 11) is 0. The van der Waals surface area contributed by atoms with E-state index in [1.54, 1.807) is 24.5 Å². The molecule has 0 spiro atoms. The normalized spacial score (nSPS) is 17.1. The Bertz CT molecular complexity index is 921. The van der Waals surface area contributed by atoms with Crippen molar-refractivity contribution in [1.82, 2.24) is 25.2 Å². The molecule has 0 radical (unpaired) electrons. The van der Waals surface area contributed by atoms with Crippen molar-refractivity contribution in [3.63, 3.8) is 0 Å². The molecule has 3 heterocycles. The van der Waals surface area contributed by atoms with Crippen LogP contribution in [0.5, 0.6) is 0 Å². The van der Waals surface area contributed by atoms with Gasteiger partial charge in [-0.2, -0.15) is 0 Å². The summed E-state index contributed by atoms with van der Waals surface area (Å²) in [5.74, 6) is 2.67. The van der Waals surface area contributed by atoms with Crippen molar-refractivity contribution in [1.29, 1.82) is 0 Å². The van der Waals surface area contributed by atoms with Gasteiger partial charge in [-0.1, -0.05) is 27.2 Å². The molecule has 4 rings (SSSR count). The Kier molecular flexibility index (Phi) is 9.25. The van der Waals surface area contributed by atoms with Gasteiger partial charge < -0.3 is 10.2 Å². The molecule has 2 aliphatic rings. The molecule has 186 valence electrons. The third-order valence-electron chi connectivity index (χ3n) is 6.75. The van der Waals surface area contributed by atoms with E-state index in [1.165, 1.54) is 25.0 Å². The van der Waals surface area contributed by atoms with Crippen LogP contribution in [-0.4, -0.2) is 65.0 Å². The minimum absolute atomic E-state index is 0. The molecule has 0 unspecified atom stereocenters. The molecule has 34 heavy (non-hydrogen) atoms. The topological polar surface area (TPSA) is 74.2 Å². The zero-order valence-corrected chi connectivity index (χ0v) is 21.6. The maximum absolute atomic E-state index is 12.1. The van der Waals surface area contributed by atoms with Crippen LogP contribution in [0.2, 0.25) is 0 Å². The first-order chi connectivity index (χ1) is 15.9. The lowest BCUT2D eigenvalue weighted by Crippen LogP contribution is -2.47. The van der Waals surface area contributed by atoms with E-state index in [1.807, 2.05) is 0 Å². The average Bonchev–Trinajstić information content (AvgIpc) is 2.78. The summed E-state index contributed by atoms with van der Waals surface area (Å²) in [6, 6.07) is 5.73. The first-order valence-corrected chi connectivity index (χ1v) is 12.4. The van der Waals surface area contributed by atoms with Crippen molar-refractivity contribution in [2.24, 2.45) is 0 Å². The van der Waals surface area contributed by atoms with Crippen molar-refractivity contribution < 1.29 is 4.79 Å². The second-order valence-electron chi connectivity index (χ2n) is 10.4. The molecule has 1 amide bonds. The van der Waals surface area contributed by atoms with Gasteiger partial charge in [0.25, 0.3) is 5.91 Å². The van der Waals surface area contributed by atoms with Crippen molar-refractivity contribution in [3.8, 4) is 0 Å². The Balaban J connectivity index is 0.00000324. The highest BCUT2D eigenvalue weighted by Gasteiger charge is 2.27. The molecule has 0 atom stereocenters. The zero-order chi connectivity index (χ0) is 23.3. The summed E-state index contributed by atoms with van der Waals surface area (Å²) in [5, 5.41) is 3.00. The summed E-state index contributed by atoms with van der Waals surface area (Å²) in [6.07, 6.45) is 9.21. The molecule has 2 fully saturated rings. The van der Waals surface area contributed by atoms with Crippen LogP contribution in [0.15, 0.2) is 30.6 Å². The molecule has 8 heteroatoms. The summed E-state index contributed by atoms with van der Waals surface area (Å²) in [5.41, 5.74) is 1.87. The fourth-order valence-corrected chi connectivity index (χ4v) is 4.33. The van der Waals surface area contributed by atoms with E-state index in [9.17, 15) is 4.79 Å².